The summed E-state index contributed by atoms with van der Waals surface area (Å²) in [5.41, 5.74) is 5.23. The predicted octanol–water partition coefficient (Wildman–Crippen LogP) is 7.50. The van der Waals surface area contributed by atoms with E-state index in [9.17, 15) is 23.0 Å². The average Bonchev–Trinajstić information content (AvgIpc) is 3.58. The van der Waals surface area contributed by atoms with Gasteiger partial charge in [-0.2, -0.15) is 18.4 Å². The van der Waals surface area contributed by atoms with Gasteiger partial charge >= 0.3 is 6.18 Å². The van der Waals surface area contributed by atoms with Crippen LogP contribution in [0.15, 0.2) is 54.9 Å². The lowest BCUT2D eigenvalue weighted by atomic mass is 10.0. The number of aromatic nitrogens is 3. The van der Waals surface area contributed by atoms with Gasteiger partial charge in [-0.1, -0.05) is 30.3 Å². The molecule has 0 spiro atoms. The topological polar surface area (TPSA) is 86.8 Å². The number of aryl methyl sites for hydroxylation is 3. The highest BCUT2D eigenvalue weighted by molar-refractivity contribution is 7.70. The molecule has 6 rings (SSSR count). The molecule has 0 saturated carbocycles. The maximum atomic E-state index is 12.9. The number of thiophene rings is 1. The highest BCUT2D eigenvalue weighted by Crippen LogP contribution is 2.35. The Kier molecular flexibility index (Phi) is 8.99. The first-order valence-corrected chi connectivity index (χ1v) is 18.7. The molecule has 0 amide bonds. The Morgan fingerprint density at radius 1 is 1.07 bits per heavy atom. The Labute approximate surface area is 270 Å². The maximum Gasteiger partial charge on any atom is 0.393 e. The van der Waals surface area contributed by atoms with Crippen LogP contribution in [-0.4, -0.2) is 58.1 Å². The molecule has 0 radical (unpaired) electrons. The van der Waals surface area contributed by atoms with E-state index in [4.69, 9.17) is 0 Å². The summed E-state index contributed by atoms with van der Waals surface area (Å²) in [4.78, 5) is 11.8. The van der Waals surface area contributed by atoms with E-state index < -0.39 is 19.7 Å². The number of nitrogens with zero attached hydrogens (tertiary/aromatic N) is 5. The van der Waals surface area contributed by atoms with E-state index in [2.05, 4.69) is 49.9 Å². The molecule has 1 N–H and O–H groups in total. The predicted molar refractivity (Wildman–Crippen MR) is 180 cm³/mol. The summed E-state index contributed by atoms with van der Waals surface area (Å²) in [7, 11) is -2.29. The minimum atomic E-state index is -4.26. The molecule has 240 valence electrons. The van der Waals surface area contributed by atoms with Crippen LogP contribution in [0, 0.1) is 18.3 Å². The van der Waals surface area contributed by atoms with Gasteiger partial charge in [0, 0.05) is 53.3 Å². The number of alkyl halides is 3. The number of nitrogens with one attached hydrogen (secondary N) is 1. The smallest absolute Gasteiger partial charge is 0.367 e. The number of hydrogen-bond acceptors (Lipinski definition) is 7. The fourth-order valence-corrected chi connectivity index (χ4v) is 8.16. The number of likely N-dealkylation sites (tertiary alicyclic amines) is 1. The number of halogens is 3. The van der Waals surface area contributed by atoms with Crippen molar-refractivity contribution in [3.05, 3.63) is 82.1 Å². The third kappa shape index (κ3) is 7.15. The SMILES string of the molecule is Cc1c(CN2CCC(Nc3ncnc4sc(CC(F)(F)F)cc34)CC2)ccc2c1cc(C#N)n2CCc1ccc(P(C)(C)=O)cc1. The summed E-state index contributed by atoms with van der Waals surface area (Å²) in [5, 5.41) is 16.0. The number of anilines is 1. The Morgan fingerprint density at radius 2 is 1.80 bits per heavy atom. The van der Waals surface area contributed by atoms with Crippen LogP contribution in [0.4, 0.5) is 19.0 Å². The molecule has 2 aromatic carbocycles. The zero-order valence-corrected chi connectivity index (χ0v) is 27.8. The van der Waals surface area contributed by atoms with Crippen LogP contribution in [-0.2, 0) is 30.5 Å². The van der Waals surface area contributed by atoms with Gasteiger partial charge in [0.15, 0.2) is 0 Å². The average molecular weight is 665 g/mol. The van der Waals surface area contributed by atoms with E-state index in [-0.39, 0.29) is 10.9 Å². The van der Waals surface area contributed by atoms with Crippen LogP contribution < -0.4 is 10.6 Å². The lowest BCUT2D eigenvalue weighted by Crippen LogP contribution is -2.39. The van der Waals surface area contributed by atoms with E-state index in [0.717, 1.165) is 72.0 Å². The number of rotatable bonds is 9. The van der Waals surface area contributed by atoms with Gasteiger partial charge in [-0.25, -0.2) is 9.97 Å². The molecule has 0 unspecified atom stereocenters. The van der Waals surface area contributed by atoms with Crippen LogP contribution in [0.2, 0.25) is 0 Å². The highest BCUT2D eigenvalue weighted by atomic mass is 32.1. The first-order valence-electron chi connectivity index (χ1n) is 15.3. The van der Waals surface area contributed by atoms with E-state index in [0.29, 0.717) is 28.3 Å². The summed E-state index contributed by atoms with van der Waals surface area (Å²) >= 11 is 1.06. The summed E-state index contributed by atoms with van der Waals surface area (Å²) in [6.45, 7) is 8.90. The second kappa shape index (κ2) is 12.8. The van der Waals surface area contributed by atoms with Gasteiger partial charge in [0.1, 0.15) is 35.9 Å². The number of benzene rings is 2. The van der Waals surface area contributed by atoms with Crippen LogP contribution in [0.3, 0.4) is 0 Å². The summed E-state index contributed by atoms with van der Waals surface area (Å²) in [5.74, 6) is 0.594. The monoisotopic (exact) mass is 664 g/mol. The van der Waals surface area contributed by atoms with E-state index in [1.165, 1.54) is 17.5 Å². The van der Waals surface area contributed by atoms with Crippen molar-refractivity contribution in [3.63, 3.8) is 0 Å². The largest absolute Gasteiger partial charge is 0.393 e. The second-order valence-electron chi connectivity index (χ2n) is 12.5. The van der Waals surface area contributed by atoms with Gasteiger partial charge in [-0.3, -0.25) is 4.90 Å². The lowest BCUT2D eigenvalue weighted by Gasteiger charge is -2.33. The standard InChI is InChI=1S/C34H36F3N6OPS/c1-22-24(6-9-31-29(22)16-26(19-38)43(31)15-10-23-4-7-27(8-5-23)45(2,3)44)20-42-13-11-25(12-14-42)41-32-30-17-28(18-34(35,36)37)46-33(30)40-21-39-32/h4-9,16-17,21,25H,10-15,18,20H2,1-3H3,(H,39,40,41). The van der Waals surface area contributed by atoms with Crippen LogP contribution in [0.1, 0.15) is 40.1 Å². The van der Waals surface area contributed by atoms with E-state index >= 15 is 0 Å². The van der Waals surface area contributed by atoms with Gasteiger partial charge in [-0.15, -0.1) is 11.3 Å². The number of fused-ring (bicyclic) bond motifs is 2. The molecule has 5 aromatic rings. The molecule has 12 heteroatoms. The summed E-state index contributed by atoms with van der Waals surface area (Å²) < 4.78 is 53.2. The highest BCUT2D eigenvalue weighted by Gasteiger charge is 2.29. The molecule has 1 aliphatic heterocycles. The minimum Gasteiger partial charge on any atom is -0.367 e. The Balaban J connectivity index is 1.09. The molecule has 0 bridgehead atoms. The zero-order chi connectivity index (χ0) is 32.6. The molecule has 4 heterocycles. The molecule has 3 aromatic heterocycles. The van der Waals surface area contributed by atoms with Gasteiger partial charge in [-0.05, 0) is 74.4 Å². The minimum absolute atomic E-state index is 0.167. The lowest BCUT2D eigenvalue weighted by molar-refractivity contribution is -0.126. The van der Waals surface area contributed by atoms with Crippen molar-refractivity contribution in [3.8, 4) is 6.07 Å². The van der Waals surface area contributed by atoms with Gasteiger partial charge in [0.2, 0.25) is 0 Å². The number of piperidine rings is 1. The maximum absolute atomic E-state index is 12.9. The Morgan fingerprint density at radius 3 is 2.48 bits per heavy atom. The van der Waals surface area contributed by atoms with Crippen molar-refractivity contribution in [1.29, 1.82) is 5.26 Å². The molecule has 7 nitrogen and oxygen atoms in total. The van der Waals surface area contributed by atoms with Crippen molar-refractivity contribution in [1.82, 2.24) is 19.4 Å². The second-order valence-corrected chi connectivity index (χ2v) is 16.8. The number of nitriles is 1. The molecule has 46 heavy (non-hydrogen) atoms. The van der Waals surface area contributed by atoms with Crippen molar-refractivity contribution < 1.29 is 17.7 Å². The zero-order valence-electron chi connectivity index (χ0n) is 26.1. The van der Waals surface area contributed by atoms with Crippen molar-refractivity contribution >= 4 is 50.7 Å². The summed E-state index contributed by atoms with van der Waals surface area (Å²) in [6, 6.07) is 18.3. The Bertz CT molecular complexity index is 1960. The van der Waals surface area contributed by atoms with E-state index in [1.807, 2.05) is 30.3 Å². The van der Waals surface area contributed by atoms with Crippen LogP contribution >= 0.6 is 18.5 Å². The first-order chi connectivity index (χ1) is 21.9. The quantitative estimate of drug-likeness (QED) is 0.164. The van der Waals surface area contributed by atoms with Crippen LogP contribution in [0.25, 0.3) is 21.1 Å². The summed E-state index contributed by atoms with van der Waals surface area (Å²) in [6.07, 6.45) is -1.27. The molecule has 1 fully saturated rings. The molecule has 1 aliphatic rings. The molecular weight excluding hydrogens is 628 g/mol. The Hall–Kier alpha value is -3.71. The van der Waals surface area contributed by atoms with Gasteiger partial charge < -0.3 is 14.4 Å². The fraction of sp³-hybridized carbons (Fsp3) is 0.382. The normalized spacial score (nSPS) is 15.1. The molecule has 0 atom stereocenters. The third-order valence-corrected chi connectivity index (χ3v) is 11.4. The fourth-order valence-electron chi connectivity index (χ4n) is 6.26. The van der Waals surface area contributed by atoms with Crippen LogP contribution in [0.5, 0.6) is 0 Å². The number of hydrogen-bond donors (Lipinski definition) is 1. The van der Waals surface area contributed by atoms with Crippen molar-refractivity contribution in [2.45, 2.75) is 57.9 Å². The van der Waals surface area contributed by atoms with E-state index in [1.54, 1.807) is 19.4 Å². The molecular formula is C34H36F3N6OPS. The molecule has 0 aliphatic carbocycles. The van der Waals surface area contributed by atoms with Gasteiger partial charge in [0.25, 0.3) is 0 Å². The third-order valence-electron chi connectivity index (χ3n) is 8.84. The van der Waals surface area contributed by atoms with Gasteiger partial charge in [0.05, 0.1) is 11.8 Å². The van der Waals surface area contributed by atoms with Crippen molar-refractivity contribution in [2.75, 3.05) is 31.7 Å². The first kappa shape index (κ1) is 32.2. The van der Waals surface area contributed by atoms with Crippen molar-refractivity contribution in [2.24, 2.45) is 0 Å². The molecule has 1 saturated heterocycles.